The van der Waals surface area contributed by atoms with Crippen molar-refractivity contribution in [2.45, 2.75) is 25.8 Å². The number of rotatable bonds is 9. The van der Waals surface area contributed by atoms with Gasteiger partial charge in [-0.05, 0) is 48.7 Å². The molecule has 0 aliphatic heterocycles. The molecule has 0 radical (unpaired) electrons. The van der Waals surface area contributed by atoms with Gasteiger partial charge in [-0.3, -0.25) is 9.10 Å². The zero-order chi connectivity index (χ0) is 20.7. The molecule has 0 unspecified atom stereocenters. The molecule has 0 aromatic heterocycles. The van der Waals surface area contributed by atoms with Gasteiger partial charge in [0.2, 0.25) is 15.9 Å². The van der Waals surface area contributed by atoms with E-state index in [0.717, 1.165) is 21.9 Å². The van der Waals surface area contributed by atoms with Crippen LogP contribution in [-0.2, 0) is 21.2 Å². The highest BCUT2D eigenvalue weighted by atomic mass is 35.5. The lowest BCUT2D eigenvalue weighted by Gasteiger charge is -2.30. The Balaban J connectivity index is 2.10. The number of carbonyl (C=O) groups is 1. The fourth-order valence-corrected chi connectivity index (χ4v) is 4.30. The van der Waals surface area contributed by atoms with Gasteiger partial charge in [0.15, 0.2) is 0 Å². The van der Waals surface area contributed by atoms with Gasteiger partial charge in [0.05, 0.1) is 19.1 Å². The van der Waals surface area contributed by atoms with Crippen molar-refractivity contribution >= 4 is 33.2 Å². The summed E-state index contributed by atoms with van der Waals surface area (Å²) in [6.45, 7) is 2.17. The molecule has 0 aliphatic carbocycles. The second-order valence-corrected chi connectivity index (χ2v) is 8.65. The number of anilines is 1. The second kappa shape index (κ2) is 9.80. The molecule has 0 aliphatic rings. The lowest BCUT2D eigenvalue weighted by atomic mass is 10.1. The highest BCUT2D eigenvalue weighted by Crippen LogP contribution is 2.25. The van der Waals surface area contributed by atoms with Crippen molar-refractivity contribution in [2.24, 2.45) is 0 Å². The van der Waals surface area contributed by atoms with Gasteiger partial charge in [0.1, 0.15) is 11.8 Å². The smallest absolute Gasteiger partial charge is 0.243 e. The van der Waals surface area contributed by atoms with Crippen molar-refractivity contribution in [1.29, 1.82) is 0 Å². The molecule has 1 N–H and O–H groups in total. The maximum atomic E-state index is 12.7. The first kappa shape index (κ1) is 22.0. The van der Waals surface area contributed by atoms with Gasteiger partial charge in [-0.2, -0.15) is 0 Å². The molecular formula is C20H25ClN2O4S. The third-order valence-corrected chi connectivity index (χ3v) is 5.68. The third-order valence-electron chi connectivity index (χ3n) is 4.26. The van der Waals surface area contributed by atoms with E-state index >= 15 is 0 Å². The molecule has 0 saturated heterocycles. The first-order valence-corrected chi connectivity index (χ1v) is 11.1. The minimum absolute atomic E-state index is 0.327. The van der Waals surface area contributed by atoms with Crippen LogP contribution in [0.15, 0.2) is 48.5 Å². The van der Waals surface area contributed by atoms with Crippen LogP contribution < -0.4 is 14.4 Å². The minimum atomic E-state index is -3.68. The summed E-state index contributed by atoms with van der Waals surface area (Å²) in [5, 5.41) is 3.24. The molecule has 2 rings (SSSR count). The van der Waals surface area contributed by atoms with Crippen molar-refractivity contribution in [3.63, 3.8) is 0 Å². The monoisotopic (exact) mass is 424 g/mol. The van der Waals surface area contributed by atoms with E-state index < -0.39 is 16.1 Å². The molecule has 6 nitrogen and oxygen atoms in total. The molecule has 2 aromatic carbocycles. The summed E-state index contributed by atoms with van der Waals surface area (Å²) in [5.41, 5.74) is 1.41. The quantitative estimate of drug-likeness (QED) is 0.670. The largest absolute Gasteiger partial charge is 0.497 e. The Bertz CT molecular complexity index is 901. The number of nitrogens with zero attached hydrogens (tertiary/aromatic N) is 1. The van der Waals surface area contributed by atoms with Crippen LogP contribution in [0.25, 0.3) is 0 Å². The molecule has 2 aromatic rings. The lowest BCUT2D eigenvalue weighted by molar-refractivity contribution is -0.122. The Labute approximate surface area is 171 Å². The molecule has 1 amide bonds. The number of carbonyl (C=O) groups excluding carboxylic acids is 1. The van der Waals surface area contributed by atoms with E-state index in [0.29, 0.717) is 30.1 Å². The van der Waals surface area contributed by atoms with Crippen LogP contribution >= 0.6 is 11.6 Å². The number of hydrogen-bond acceptors (Lipinski definition) is 4. The maximum Gasteiger partial charge on any atom is 0.243 e. The van der Waals surface area contributed by atoms with Crippen LogP contribution in [0.3, 0.4) is 0 Å². The van der Waals surface area contributed by atoms with Crippen molar-refractivity contribution in [2.75, 3.05) is 24.2 Å². The summed E-state index contributed by atoms with van der Waals surface area (Å²) in [6, 6.07) is 13.2. The molecule has 0 saturated carbocycles. The SMILES string of the molecule is CC[C@@H](C(=O)NCCc1ccc(OC)cc1)N(c1cccc(Cl)c1)S(C)(=O)=O. The summed E-state index contributed by atoms with van der Waals surface area (Å²) in [5.74, 6) is 0.422. The van der Waals surface area contributed by atoms with Crippen LogP contribution in [0.1, 0.15) is 18.9 Å². The molecular weight excluding hydrogens is 400 g/mol. The Hall–Kier alpha value is -2.25. The first-order valence-electron chi connectivity index (χ1n) is 8.92. The Morgan fingerprint density at radius 1 is 1.21 bits per heavy atom. The molecule has 152 valence electrons. The van der Waals surface area contributed by atoms with Crippen molar-refractivity contribution in [3.8, 4) is 5.75 Å². The number of benzene rings is 2. The minimum Gasteiger partial charge on any atom is -0.497 e. The number of ether oxygens (including phenoxy) is 1. The molecule has 0 bridgehead atoms. The van der Waals surface area contributed by atoms with Crippen molar-refractivity contribution in [1.82, 2.24) is 5.32 Å². The van der Waals surface area contributed by atoms with Crippen molar-refractivity contribution < 1.29 is 17.9 Å². The highest BCUT2D eigenvalue weighted by Gasteiger charge is 2.31. The van der Waals surface area contributed by atoms with Crippen LogP contribution in [0.5, 0.6) is 5.75 Å². The third kappa shape index (κ3) is 5.87. The number of halogens is 1. The van der Waals surface area contributed by atoms with E-state index in [-0.39, 0.29) is 5.91 Å². The number of sulfonamides is 1. The van der Waals surface area contributed by atoms with Crippen molar-refractivity contribution in [3.05, 3.63) is 59.1 Å². The van der Waals surface area contributed by atoms with E-state index in [4.69, 9.17) is 16.3 Å². The van der Waals surface area contributed by atoms with Gasteiger partial charge >= 0.3 is 0 Å². The van der Waals surface area contributed by atoms with E-state index in [1.807, 2.05) is 24.3 Å². The maximum absolute atomic E-state index is 12.7. The standard InChI is InChI=1S/C20H25ClN2O4S/c1-4-19(23(28(3,25)26)17-7-5-6-16(21)14-17)20(24)22-13-12-15-8-10-18(27-2)11-9-15/h5-11,14,19H,4,12-13H2,1-3H3,(H,22,24)/t19-/m0/s1. The van der Waals surface area contributed by atoms with E-state index in [1.165, 1.54) is 6.07 Å². The molecule has 0 fully saturated rings. The summed E-state index contributed by atoms with van der Waals surface area (Å²) >= 11 is 6.01. The fraction of sp³-hybridized carbons (Fsp3) is 0.350. The van der Waals surface area contributed by atoms with Gasteiger partial charge in [0, 0.05) is 11.6 Å². The summed E-state index contributed by atoms with van der Waals surface area (Å²) in [6.07, 6.45) is 2.04. The fourth-order valence-electron chi connectivity index (χ4n) is 2.91. The van der Waals surface area contributed by atoms with Gasteiger partial charge < -0.3 is 10.1 Å². The van der Waals surface area contributed by atoms with E-state index in [2.05, 4.69) is 5.32 Å². The van der Waals surface area contributed by atoms with Crippen LogP contribution in [0.4, 0.5) is 5.69 Å². The number of amides is 1. The molecule has 0 heterocycles. The molecule has 8 heteroatoms. The Morgan fingerprint density at radius 2 is 1.89 bits per heavy atom. The number of nitrogens with one attached hydrogen (secondary N) is 1. The topological polar surface area (TPSA) is 75.7 Å². The second-order valence-electron chi connectivity index (χ2n) is 6.35. The molecule has 1 atom stereocenters. The van der Waals surface area contributed by atoms with Gasteiger partial charge in [-0.1, -0.05) is 36.7 Å². The highest BCUT2D eigenvalue weighted by molar-refractivity contribution is 7.92. The Kier molecular flexibility index (Phi) is 7.71. The summed E-state index contributed by atoms with van der Waals surface area (Å²) < 4.78 is 31.0. The van der Waals surface area contributed by atoms with E-state index in [1.54, 1.807) is 32.2 Å². The first-order chi connectivity index (χ1) is 13.3. The lowest BCUT2D eigenvalue weighted by Crippen LogP contribution is -2.49. The predicted molar refractivity (Wildman–Crippen MR) is 113 cm³/mol. The zero-order valence-electron chi connectivity index (χ0n) is 16.2. The van der Waals surface area contributed by atoms with Crippen LogP contribution in [0, 0.1) is 0 Å². The Morgan fingerprint density at radius 3 is 2.43 bits per heavy atom. The normalized spacial score (nSPS) is 12.3. The number of methoxy groups -OCH3 is 1. The average molecular weight is 425 g/mol. The van der Waals surface area contributed by atoms with Gasteiger partial charge in [-0.15, -0.1) is 0 Å². The average Bonchev–Trinajstić information content (AvgIpc) is 2.65. The zero-order valence-corrected chi connectivity index (χ0v) is 17.8. The number of hydrogen-bond donors (Lipinski definition) is 1. The molecule has 0 spiro atoms. The van der Waals surface area contributed by atoms with Crippen LogP contribution in [-0.4, -0.2) is 40.3 Å². The van der Waals surface area contributed by atoms with Gasteiger partial charge in [-0.25, -0.2) is 8.42 Å². The summed E-state index contributed by atoms with van der Waals surface area (Å²) in [7, 11) is -2.07. The van der Waals surface area contributed by atoms with Gasteiger partial charge in [0.25, 0.3) is 0 Å². The van der Waals surface area contributed by atoms with Crippen LogP contribution in [0.2, 0.25) is 5.02 Å². The van der Waals surface area contributed by atoms with E-state index in [9.17, 15) is 13.2 Å². The summed E-state index contributed by atoms with van der Waals surface area (Å²) in [4.78, 5) is 12.7. The predicted octanol–water partition coefficient (Wildman–Crippen LogP) is 3.25. The molecule has 28 heavy (non-hydrogen) atoms.